The normalized spacial score (nSPS) is 14.7. The summed E-state index contributed by atoms with van der Waals surface area (Å²) >= 11 is 0. The molecule has 3 aromatic rings. The van der Waals surface area contributed by atoms with Gasteiger partial charge in [-0.15, -0.1) is 0 Å². The molecule has 150 valence electrons. The third kappa shape index (κ3) is 4.11. The lowest BCUT2D eigenvalue weighted by molar-refractivity contribution is -0.131. The number of H-pyrrole nitrogens is 1. The Labute approximate surface area is 170 Å². The number of benzene rings is 2. The van der Waals surface area contributed by atoms with Crippen LogP contribution in [-0.2, 0) is 16.0 Å². The van der Waals surface area contributed by atoms with Gasteiger partial charge < -0.3 is 20.1 Å². The highest BCUT2D eigenvalue weighted by Gasteiger charge is 2.26. The lowest BCUT2D eigenvalue weighted by Crippen LogP contribution is -2.46. The first-order valence-corrected chi connectivity index (χ1v) is 10.0. The molecule has 0 saturated carbocycles. The van der Waals surface area contributed by atoms with E-state index in [1.807, 2.05) is 53.6 Å². The first kappa shape index (κ1) is 19.1. The third-order valence-corrected chi connectivity index (χ3v) is 5.84. The number of nitrogens with one attached hydrogen (secondary N) is 2. The first-order chi connectivity index (χ1) is 14.2. The Morgan fingerprint density at radius 1 is 1.21 bits per heavy atom. The number of aromatic nitrogens is 1. The van der Waals surface area contributed by atoms with Crippen molar-refractivity contribution in [2.75, 3.05) is 30.4 Å². The number of fused-ring (bicyclic) bond motifs is 1. The highest BCUT2D eigenvalue weighted by molar-refractivity contribution is 5.84. The van der Waals surface area contributed by atoms with Crippen LogP contribution in [-0.4, -0.2) is 48.4 Å². The second-order valence-corrected chi connectivity index (χ2v) is 7.58. The molecule has 6 nitrogen and oxygen atoms in total. The number of para-hydroxylation sites is 2. The number of likely N-dealkylation sites (tertiary alicyclic amines) is 1. The van der Waals surface area contributed by atoms with Crippen LogP contribution in [0.4, 0.5) is 11.4 Å². The molecule has 1 fully saturated rings. The summed E-state index contributed by atoms with van der Waals surface area (Å²) in [5, 5.41) is 3.91. The van der Waals surface area contributed by atoms with Crippen LogP contribution >= 0.6 is 0 Å². The second kappa shape index (κ2) is 8.39. The number of amides is 2. The van der Waals surface area contributed by atoms with Crippen LogP contribution in [0.5, 0.6) is 0 Å². The molecule has 0 atom stereocenters. The molecule has 0 unspecified atom stereocenters. The van der Waals surface area contributed by atoms with Gasteiger partial charge in [-0.05, 0) is 54.1 Å². The SMILES string of the molecule is CN(c1ccccc1NC=O)C1CCN(C(=O)Cc2ccc3[nH]ccc3c2)CC1. The van der Waals surface area contributed by atoms with Crippen molar-refractivity contribution in [2.45, 2.75) is 25.3 Å². The zero-order valence-corrected chi connectivity index (χ0v) is 16.6. The van der Waals surface area contributed by atoms with E-state index in [0.29, 0.717) is 18.9 Å². The molecule has 2 heterocycles. The molecule has 2 amide bonds. The fraction of sp³-hybridized carbons (Fsp3) is 0.304. The van der Waals surface area contributed by atoms with E-state index in [-0.39, 0.29) is 5.91 Å². The van der Waals surface area contributed by atoms with Crippen molar-refractivity contribution < 1.29 is 9.59 Å². The van der Waals surface area contributed by atoms with Gasteiger partial charge in [0.15, 0.2) is 0 Å². The number of carbonyl (C=O) groups excluding carboxylic acids is 2. The minimum Gasteiger partial charge on any atom is -0.370 e. The van der Waals surface area contributed by atoms with Gasteiger partial charge in [0.25, 0.3) is 0 Å². The predicted molar refractivity (Wildman–Crippen MR) is 116 cm³/mol. The van der Waals surface area contributed by atoms with Crippen molar-refractivity contribution in [3.8, 4) is 0 Å². The molecule has 1 saturated heterocycles. The smallest absolute Gasteiger partial charge is 0.226 e. The Balaban J connectivity index is 1.36. The number of carbonyl (C=O) groups is 2. The quantitative estimate of drug-likeness (QED) is 0.634. The van der Waals surface area contributed by atoms with E-state index in [4.69, 9.17) is 0 Å². The Hall–Kier alpha value is -3.28. The highest BCUT2D eigenvalue weighted by atomic mass is 16.2. The van der Waals surface area contributed by atoms with Crippen LogP contribution in [0.25, 0.3) is 10.9 Å². The molecule has 1 aliphatic heterocycles. The van der Waals surface area contributed by atoms with E-state index in [1.165, 1.54) is 0 Å². The molecule has 29 heavy (non-hydrogen) atoms. The number of aromatic amines is 1. The minimum atomic E-state index is 0.184. The summed E-state index contributed by atoms with van der Waals surface area (Å²) in [6.45, 7) is 1.51. The number of nitrogens with zero attached hydrogens (tertiary/aromatic N) is 2. The van der Waals surface area contributed by atoms with E-state index >= 15 is 0 Å². The zero-order chi connectivity index (χ0) is 20.2. The van der Waals surface area contributed by atoms with Gasteiger partial charge in [-0.1, -0.05) is 18.2 Å². The van der Waals surface area contributed by atoms with E-state index in [0.717, 1.165) is 53.8 Å². The van der Waals surface area contributed by atoms with Crippen LogP contribution in [0.15, 0.2) is 54.7 Å². The van der Waals surface area contributed by atoms with Crippen molar-refractivity contribution in [1.29, 1.82) is 0 Å². The largest absolute Gasteiger partial charge is 0.370 e. The van der Waals surface area contributed by atoms with E-state index in [1.54, 1.807) is 0 Å². The number of anilines is 2. The van der Waals surface area contributed by atoms with Crippen LogP contribution in [0, 0.1) is 0 Å². The summed E-state index contributed by atoms with van der Waals surface area (Å²) in [4.78, 5) is 31.0. The van der Waals surface area contributed by atoms with Crippen molar-refractivity contribution in [3.63, 3.8) is 0 Å². The van der Waals surface area contributed by atoms with E-state index in [9.17, 15) is 9.59 Å². The van der Waals surface area contributed by atoms with Gasteiger partial charge in [0.05, 0.1) is 17.8 Å². The van der Waals surface area contributed by atoms with Crippen molar-refractivity contribution in [3.05, 3.63) is 60.3 Å². The summed E-state index contributed by atoms with van der Waals surface area (Å²) < 4.78 is 0. The molecular weight excluding hydrogens is 364 g/mol. The van der Waals surface area contributed by atoms with Gasteiger partial charge in [-0.2, -0.15) is 0 Å². The van der Waals surface area contributed by atoms with Gasteiger partial charge in [-0.25, -0.2) is 0 Å². The second-order valence-electron chi connectivity index (χ2n) is 7.58. The number of hydrogen-bond donors (Lipinski definition) is 2. The molecule has 4 rings (SSSR count). The standard InChI is InChI=1S/C23H26N4O2/c1-26(22-5-3-2-4-21(22)25-16-28)19-9-12-27(13-10-19)23(29)15-17-6-7-20-18(14-17)8-11-24-20/h2-8,11,14,16,19,24H,9-10,12-13,15H2,1H3,(H,25,28). The number of piperidine rings is 1. The van der Waals surface area contributed by atoms with Gasteiger partial charge >= 0.3 is 0 Å². The number of rotatable bonds is 6. The topological polar surface area (TPSA) is 68.4 Å². The van der Waals surface area contributed by atoms with Crippen molar-refractivity contribution in [1.82, 2.24) is 9.88 Å². The molecule has 2 aromatic carbocycles. The molecular formula is C23H26N4O2. The fourth-order valence-electron chi connectivity index (χ4n) is 4.17. The zero-order valence-electron chi connectivity index (χ0n) is 16.6. The first-order valence-electron chi connectivity index (χ1n) is 10.0. The summed E-state index contributed by atoms with van der Waals surface area (Å²) in [6, 6.07) is 16.3. The van der Waals surface area contributed by atoms with Crippen LogP contribution in [0.2, 0.25) is 0 Å². The van der Waals surface area contributed by atoms with Crippen LogP contribution < -0.4 is 10.2 Å². The van der Waals surface area contributed by atoms with Gasteiger partial charge in [0.1, 0.15) is 0 Å². The Bertz CT molecular complexity index is 1000. The fourth-order valence-corrected chi connectivity index (χ4v) is 4.17. The molecule has 2 N–H and O–H groups in total. The van der Waals surface area contributed by atoms with Crippen molar-refractivity contribution in [2.24, 2.45) is 0 Å². The lowest BCUT2D eigenvalue weighted by Gasteiger charge is -2.38. The average molecular weight is 390 g/mol. The summed E-state index contributed by atoms with van der Waals surface area (Å²) in [6.07, 6.45) is 4.88. The molecule has 6 heteroatoms. The predicted octanol–water partition coefficient (Wildman–Crippen LogP) is 3.41. The summed E-state index contributed by atoms with van der Waals surface area (Å²) in [5.74, 6) is 0.184. The summed E-state index contributed by atoms with van der Waals surface area (Å²) in [7, 11) is 2.06. The van der Waals surface area contributed by atoms with Crippen molar-refractivity contribution >= 4 is 34.6 Å². The maximum atomic E-state index is 12.8. The third-order valence-electron chi connectivity index (χ3n) is 5.84. The van der Waals surface area contributed by atoms with Gasteiger partial charge in [0, 0.05) is 37.9 Å². The van der Waals surface area contributed by atoms with Gasteiger partial charge in [0.2, 0.25) is 12.3 Å². The molecule has 0 bridgehead atoms. The Morgan fingerprint density at radius 3 is 2.79 bits per heavy atom. The number of hydrogen-bond acceptors (Lipinski definition) is 3. The maximum absolute atomic E-state index is 12.8. The Morgan fingerprint density at radius 2 is 2.00 bits per heavy atom. The molecule has 0 radical (unpaired) electrons. The van der Waals surface area contributed by atoms with Crippen LogP contribution in [0.3, 0.4) is 0 Å². The van der Waals surface area contributed by atoms with E-state index < -0.39 is 0 Å². The molecule has 1 aromatic heterocycles. The average Bonchev–Trinajstić information content (AvgIpc) is 3.22. The highest BCUT2D eigenvalue weighted by Crippen LogP contribution is 2.29. The van der Waals surface area contributed by atoms with E-state index in [2.05, 4.69) is 28.3 Å². The molecule has 0 spiro atoms. The monoisotopic (exact) mass is 390 g/mol. The molecule has 0 aliphatic carbocycles. The maximum Gasteiger partial charge on any atom is 0.226 e. The van der Waals surface area contributed by atoms with Gasteiger partial charge in [-0.3, -0.25) is 9.59 Å². The Kier molecular flexibility index (Phi) is 5.51. The van der Waals surface area contributed by atoms with Crippen LogP contribution in [0.1, 0.15) is 18.4 Å². The minimum absolute atomic E-state index is 0.184. The molecule has 1 aliphatic rings. The lowest BCUT2D eigenvalue weighted by atomic mass is 10.0. The summed E-state index contributed by atoms with van der Waals surface area (Å²) in [5.41, 5.74) is 3.96.